The van der Waals surface area contributed by atoms with Crippen LogP contribution in [-0.4, -0.2) is 25.8 Å². The summed E-state index contributed by atoms with van der Waals surface area (Å²) < 4.78 is 10.9. The van der Waals surface area contributed by atoms with Gasteiger partial charge in [0.1, 0.15) is 17.3 Å². The Hall–Kier alpha value is -3.77. The Morgan fingerprint density at radius 3 is 2.71 bits per heavy atom. The van der Waals surface area contributed by atoms with Crippen LogP contribution < -0.4 is 15.5 Å². The van der Waals surface area contributed by atoms with E-state index in [2.05, 4.69) is 15.8 Å². The minimum atomic E-state index is -0.266. The van der Waals surface area contributed by atoms with Gasteiger partial charge >= 0.3 is 0 Å². The monoisotopic (exact) mass is 433 g/mol. The van der Waals surface area contributed by atoms with Crippen LogP contribution in [0.3, 0.4) is 0 Å². The molecular weight excluding hydrogens is 414 g/mol. The summed E-state index contributed by atoms with van der Waals surface area (Å²) in [4.78, 5) is 12.1. The second-order valence-electron chi connectivity index (χ2n) is 6.76. The summed E-state index contributed by atoms with van der Waals surface area (Å²) in [6.45, 7) is 0.101. The van der Waals surface area contributed by atoms with Crippen molar-refractivity contribution in [1.82, 2.24) is 5.43 Å². The number of nitrogens with one attached hydrogen (secondary N) is 2. The van der Waals surface area contributed by atoms with E-state index in [0.29, 0.717) is 22.3 Å². The molecule has 0 aliphatic carbocycles. The zero-order valence-electron chi connectivity index (χ0n) is 16.8. The Balaban J connectivity index is 1.31. The zero-order valence-corrected chi connectivity index (χ0v) is 17.5. The molecule has 31 heavy (non-hydrogen) atoms. The number of anilines is 1. The standard InChI is InChI=1S/C24H20ClN3O3/c1-30-23-10-7-18(13-21(23)25)22-11-9-20(31-22)14-27-28-24(29)15-26-19-8-6-16-4-2-3-5-17(16)12-19/h2-14,26H,15H2,1H3,(H,28,29)/b27-14+. The molecule has 0 atom stereocenters. The number of nitrogens with zero attached hydrogens (tertiary/aromatic N) is 1. The molecule has 2 N–H and O–H groups in total. The van der Waals surface area contributed by atoms with E-state index >= 15 is 0 Å². The van der Waals surface area contributed by atoms with Crippen LogP contribution in [0.1, 0.15) is 5.76 Å². The van der Waals surface area contributed by atoms with Gasteiger partial charge in [0.15, 0.2) is 0 Å². The molecule has 7 heteroatoms. The minimum Gasteiger partial charge on any atom is -0.495 e. The number of benzene rings is 3. The number of rotatable bonds is 7. The Morgan fingerprint density at radius 1 is 1.06 bits per heavy atom. The van der Waals surface area contributed by atoms with E-state index in [9.17, 15) is 4.79 Å². The second-order valence-corrected chi connectivity index (χ2v) is 7.17. The van der Waals surface area contributed by atoms with Crippen molar-refractivity contribution in [2.75, 3.05) is 19.0 Å². The zero-order chi connectivity index (χ0) is 21.6. The number of halogens is 1. The molecule has 0 radical (unpaired) electrons. The van der Waals surface area contributed by atoms with E-state index in [4.69, 9.17) is 20.8 Å². The van der Waals surface area contributed by atoms with Gasteiger partial charge in [-0.15, -0.1) is 0 Å². The van der Waals surface area contributed by atoms with Crippen molar-refractivity contribution in [1.29, 1.82) is 0 Å². The lowest BCUT2D eigenvalue weighted by molar-refractivity contribution is -0.119. The molecule has 4 aromatic rings. The predicted molar refractivity (Wildman–Crippen MR) is 124 cm³/mol. The average Bonchev–Trinajstić information content (AvgIpc) is 3.26. The number of methoxy groups -OCH3 is 1. The van der Waals surface area contributed by atoms with E-state index in [1.165, 1.54) is 6.21 Å². The maximum atomic E-state index is 12.1. The van der Waals surface area contributed by atoms with Crippen molar-refractivity contribution in [3.63, 3.8) is 0 Å². The number of ether oxygens (including phenoxy) is 1. The number of furan rings is 1. The first-order valence-electron chi connectivity index (χ1n) is 9.61. The molecule has 1 aromatic heterocycles. The van der Waals surface area contributed by atoms with Crippen molar-refractivity contribution in [3.8, 4) is 17.1 Å². The third-order valence-electron chi connectivity index (χ3n) is 4.65. The number of carbonyl (C=O) groups excluding carboxylic acids is 1. The van der Waals surface area contributed by atoms with Gasteiger partial charge in [-0.05, 0) is 53.2 Å². The fourth-order valence-corrected chi connectivity index (χ4v) is 3.34. The molecule has 0 aliphatic heterocycles. The third kappa shape index (κ3) is 5.05. The molecule has 0 saturated heterocycles. The maximum Gasteiger partial charge on any atom is 0.259 e. The fraction of sp³-hybridized carbons (Fsp3) is 0.0833. The maximum absolute atomic E-state index is 12.1. The molecule has 0 unspecified atom stereocenters. The summed E-state index contributed by atoms with van der Waals surface area (Å²) in [5.41, 5.74) is 4.16. The predicted octanol–water partition coefficient (Wildman–Crippen LogP) is 5.32. The van der Waals surface area contributed by atoms with Crippen molar-refractivity contribution < 1.29 is 13.9 Å². The van der Waals surface area contributed by atoms with Crippen molar-refractivity contribution in [2.24, 2.45) is 5.10 Å². The number of amides is 1. The smallest absolute Gasteiger partial charge is 0.259 e. The van der Waals surface area contributed by atoms with Crippen LogP contribution in [0.25, 0.3) is 22.1 Å². The summed E-state index contributed by atoms with van der Waals surface area (Å²) >= 11 is 6.16. The molecular formula is C24H20ClN3O3. The Morgan fingerprint density at radius 2 is 1.90 bits per heavy atom. The van der Waals surface area contributed by atoms with Crippen LogP contribution in [0.4, 0.5) is 5.69 Å². The van der Waals surface area contributed by atoms with Crippen molar-refractivity contribution in [3.05, 3.63) is 83.6 Å². The summed E-state index contributed by atoms with van der Waals surface area (Å²) in [6, 6.07) is 23.0. The largest absolute Gasteiger partial charge is 0.495 e. The van der Waals surface area contributed by atoms with E-state index in [0.717, 1.165) is 22.0 Å². The first-order valence-corrected chi connectivity index (χ1v) is 9.98. The SMILES string of the molecule is COc1ccc(-c2ccc(/C=N/NC(=O)CNc3ccc4ccccc4c3)o2)cc1Cl. The van der Waals surface area contributed by atoms with Gasteiger partial charge < -0.3 is 14.5 Å². The number of hydrogen-bond acceptors (Lipinski definition) is 5. The van der Waals surface area contributed by atoms with Crippen LogP contribution >= 0.6 is 11.6 Å². The summed E-state index contributed by atoms with van der Waals surface area (Å²) in [5.74, 6) is 1.47. The minimum absolute atomic E-state index is 0.101. The highest BCUT2D eigenvalue weighted by molar-refractivity contribution is 6.32. The van der Waals surface area contributed by atoms with E-state index in [-0.39, 0.29) is 12.5 Å². The number of fused-ring (bicyclic) bond motifs is 1. The quantitative estimate of drug-likeness (QED) is 0.305. The lowest BCUT2D eigenvalue weighted by Crippen LogP contribution is -2.25. The third-order valence-corrected chi connectivity index (χ3v) is 4.94. The molecule has 3 aromatic carbocycles. The van der Waals surface area contributed by atoms with Crippen LogP contribution in [0.5, 0.6) is 5.75 Å². The van der Waals surface area contributed by atoms with Gasteiger partial charge in [0.05, 0.1) is 24.9 Å². The Bertz CT molecular complexity index is 1250. The molecule has 0 fully saturated rings. The molecule has 0 saturated carbocycles. The van der Waals surface area contributed by atoms with Crippen LogP contribution in [-0.2, 0) is 4.79 Å². The van der Waals surface area contributed by atoms with Gasteiger partial charge in [-0.25, -0.2) is 5.43 Å². The molecule has 0 spiro atoms. The highest BCUT2D eigenvalue weighted by Gasteiger charge is 2.08. The van der Waals surface area contributed by atoms with E-state index in [1.54, 1.807) is 25.3 Å². The first-order chi connectivity index (χ1) is 15.1. The molecule has 156 valence electrons. The summed E-state index contributed by atoms with van der Waals surface area (Å²) in [7, 11) is 1.56. The van der Waals surface area contributed by atoms with Crippen molar-refractivity contribution in [2.45, 2.75) is 0 Å². The molecule has 1 heterocycles. The molecule has 1 amide bonds. The molecule has 0 bridgehead atoms. The topological polar surface area (TPSA) is 75.9 Å². The Kier molecular flexibility index (Phi) is 6.19. The number of carbonyl (C=O) groups is 1. The van der Waals surface area contributed by atoms with E-state index in [1.807, 2.05) is 54.6 Å². The second kappa shape index (κ2) is 9.36. The highest BCUT2D eigenvalue weighted by atomic mass is 35.5. The van der Waals surface area contributed by atoms with Gasteiger partial charge in [0.2, 0.25) is 0 Å². The molecule has 0 aliphatic rings. The molecule has 6 nitrogen and oxygen atoms in total. The lowest BCUT2D eigenvalue weighted by Gasteiger charge is -2.06. The highest BCUT2D eigenvalue weighted by Crippen LogP contribution is 2.30. The van der Waals surface area contributed by atoms with Crippen molar-refractivity contribution >= 4 is 40.2 Å². The first kappa shape index (κ1) is 20.5. The van der Waals surface area contributed by atoms with Crippen LogP contribution in [0, 0.1) is 0 Å². The van der Waals surface area contributed by atoms with Gasteiger partial charge in [0, 0.05) is 11.3 Å². The summed E-state index contributed by atoms with van der Waals surface area (Å²) in [5, 5.41) is 9.80. The van der Waals surface area contributed by atoms with E-state index < -0.39 is 0 Å². The number of hydrazone groups is 1. The molecule has 4 rings (SSSR count). The van der Waals surface area contributed by atoms with Gasteiger partial charge in [0.25, 0.3) is 5.91 Å². The van der Waals surface area contributed by atoms with Gasteiger partial charge in [-0.3, -0.25) is 4.79 Å². The van der Waals surface area contributed by atoms with Gasteiger partial charge in [-0.2, -0.15) is 5.10 Å². The van der Waals surface area contributed by atoms with Gasteiger partial charge in [-0.1, -0.05) is 41.9 Å². The fourth-order valence-electron chi connectivity index (χ4n) is 3.09. The van der Waals surface area contributed by atoms with Crippen LogP contribution in [0.15, 0.2) is 82.3 Å². The normalized spacial score (nSPS) is 11.0. The average molecular weight is 434 g/mol. The lowest BCUT2D eigenvalue weighted by atomic mass is 10.1. The number of hydrogen-bond donors (Lipinski definition) is 2. The Labute approximate surface area is 184 Å². The van der Waals surface area contributed by atoms with Crippen LogP contribution in [0.2, 0.25) is 5.02 Å². The summed E-state index contributed by atoms with van der Waals surface area (Å²) in [6.07, 6.45) is 1.45.